The van der Waals surface area contributed by atoms with Gasteiger partial charge in [-0.25, -0.2) is 19.2 Å². The van der Waals surface area contributed by atoms with Crippen molar-refractivity contribution in [2.45, 2.75) is 50.1 Å². The number of carboxylic acid groups (broad SMARTS) is 1. The van der Waals surface area contributed by atoms with Crippen molar-refractivity contribution >= 4 is 23.9 Å². The standard InChI is InChI=1S/C16H22O11/c17-5-6-23-14(20)11-3-4-12(27-11)16(22)25-8-7-24-15(21)10-2-1-9(26-10)13(18)19/h9-12,17H,1-8H2,(H,18,19). The molecule has 0 spiro atoms. The number of esters is 3. The van der Waals surface area contributed by atoms with E-state index in [1.54, 1.807) is 0 Å². The number of carbonyl (C=O) groups excluding carboxylic acids is 3. The number of ether oxygens (including phenoxy) is 5. The molecule has 11 nitrogen and oxygen atoms in total. The van der Waals surface area contributed by atoms with Gasteiger partial charge in [0.15, 0.2) is 24.4 Å². The Morgan fingerprint density at radius 1 is 0.704 bits per heavy atom. The van der Waals surface area contributed by atoms with E-state index in [1.807, 2.05) is 0 Å². The second-order valence-electron chi connectivity index (χ2n) is 5.95. The first-order valence-corrected chi connectivity index (χ1v) is 8.57. The Bertz CT molecular complexity index is 561. The van der Waals surface area contributed by atoms with Gasteiger partial charge in [-0.3, -0.25) is 0 Å². The van der Waals surface area contributed by atoms with Gasteiger partial charge in [0.25, 0.3) is 0 Å². The van der Waals surface area contributed by atoms with Gasteiger partial charge in [0, 0.05) is 0 Å². The van der Waals surface area contributed by atoms with Crippen LogP contribution in [0.1, 0.15) is 25.7 Å². The quantitative estimate of drug-likeness (QED) is 0.277. The highest BCUT2D eigenvalue weighted by Gasteiger charge is 2.37. The zero-order valence-corrected chi connectivity index (χ0v) is 14.5. The maximum atomic E-state index is 11.9. The molecule has 2 aliphatic rings. The van der Waals surface area contributed by atoms with Crippen LogP contribution in [0.5, 0.6) is 0 Å². The Hall–Kier alpha value is -2.24. The minimum atomic E-state index is -1.13. The molecule has 27 heavy (non-hydrogen) atoms. The van der Waals surface area contributed by atoms with Crippen LogP contribution in [0.2, 0.25) is 0 Å². The van der Waals surface area contributed by atoms with Crippen LogP contribution in [-0.4, -0.2) is 84.9 Å². The van der Waals surface area contributed by atoms with Gasteiger partial charge < -0.3 is 33.9 Å². The highest BCUT2D eigenvalue weighted by Crippen LogP contribution is 2.22. The van der Waals surface area contributed by atoms with Gasteiger partial charge in [-0.2, -0.15) is 0 Å². The Morgan fingerprint density at radius 3 is 1.44 bits per heavy atom. The molecule has 4 unspecified atom stereocenters. The van der Waals surface area contributed by atoms with E-state index in [0.29, 0.717) is 6.42 Å². The molecule has 0 aromatic carbocycles. The molecule has 0 amide bonds. The van der Waals surface area contributed by atoms with Gasteiger partial charge in [0.2, 0.25) is 0 Å². The van der Waals surface area contributed by atoms with Crippen LogP contribution in [0.4, 0.5) is 0 Å². The molecular weight excluding hydrogens is 368 g/mol. The zero-order valence-electron chi connectivity index (χ0n) is 14.5. The molecule has 0 aromatic rings. The summed E-state index contributed by atoms with van der Waals surface area (Å²) in [6.45, 7) is -0.862. The van der Waals surface area contributed by atoms with Crippen LogP contribution in [-0.2, 0) is 42.9 Å². The Labute approximate surface area is 154 Å². The van der Waals surface area contributed by atoms with Gasteiger partial charge in [-0.15, -0.1) is 0 Å². The van der Waals surface area contributed by atoms with E-state index in [9.17, 15) is 19.2 Å². The molecule has 2 heterocycles. The first-order valence-electron chi connectivity index (χ1n) is 8.57. The summed E-state index contributed by atoms with van der Waals surface area (Å²) in [7, 11) is 0. The van der Waals surface area contributed by atoms with Crippen molar-refractivity contribution in [3.05, 3.63) is 0 Å². The van der Waals surface area contributed by atoms with Crippen LogP contribution < -0.4 is 0 Å². The number of carboxylic acids is 1. The predicted octanol–water partition coefficient (Wildman–Crippen LogP) is -1.21. The van der Waals surface area contributed by atoms with Crippen LogP contribution in [0, 0.1) is 0 Å². The minimum Gasteiger partial charge on any atom is -0.479 e. The molecule has 152 valence electrons. The molecule has 2 rings (SSSR count). The van der Waals surface area contributed by atoms with Crippen LogP contribution in [0.15, 0.2) is 0 Å². The maximum absolute atomic E-state index is 11.9. The first-order chi connectivity index (χ1) is 12.9. The summed E-state index contributed by atoms with van der Waals surface area (Å²) in [6.07, 6.45) is -2.70. The second kappa shape index (κ2) is 10.2. The molecule has 2 N–H and O–H groups in total. The fourth-order valence-corrected chi connectivity index (χ4v) is 2.69. The number of rotatable bonds is 9. The predicted molar refractivity (Wildman–Crippen MR) is 83.4 cm³/mol. The third-order valence-corrected chi connectivity index (χ3v) is 4.01. The first kappa shape index (κ1) is 21.1. The summed E-state index contributed by atoms with van der Waals surface area (Å²) in [6, 6.07) is 0. The number of carbonyl (C=O) groups is 4. The largest absolute Gasteiger partial charge is 0.479 e. The fourth-order valence-electron chi connectivity index (χ4n) is 2.69. The molecule has 2 fully saturated rings. The van der Waals surface area contributed by atoms with Gasteiger partial charge >= 0.3 is 23.9 Å². The van der Waals surface area contributed by atoms with E-state index >= 15 is 0 Å². The van der Waals surface area contributed by atoms with E-state index in [2.05, 4.69) is 0 Å². The van der Waals surface area contributed by atoms with Crippen LogP contribution in [0.25, 0.3) is 0 Å². The summed E-state index contributed by atoms with van der Waals surface area (Å²) < 4.78 is 24.9. The van der Waals surface area contributed by atoms with Crippen molar-refractivity contribution in [1.29, 1.82) is 0 Å². The van der Waals surface area contributed by atoms with Crippen molar-refractivity contribution in [2.24, 2.45) is 0 Å². The van der Waals surface area contributed by atoms with Gasteiger partial charge in [0.05, 0.1) is 6.61 Å². The lowest BCUT2D eigenvalue weighted by atomic mass is 10.2. The van der Waals surface area contributed by atoms with Crippen LogP contribution in [0.3, 0.4) is 0 Å². The molecule has 0 aromatic heterocycles. The molecule has 0 saturated carbocycles. The molecule has 0 radical (unpaired) electrons. The number of aliphatic carboxylic acids is 1. The third-order valence-electron chi connectivity index (χ3n) is 4.01. The highest BCUT2D eigenvalue weighted by molar-refractivity contribution is 5.79. The normalized spacial score (nSPS) is 27.1. The molecule has 2 aliphatic heterocycles. The lowest BCUT2D eigenvalue weighted by Gasteiger charge is -2.13. The monoisotopic (exact) mass is 390 g/mol. The topological polar surface area (TPSA) is 155 Å². The second-order valence-corrected chi connectivity index (χ2v) is 5.95. The van der Waals surface area contributed by atoms with E-state index in [1.165, 1.54) is 0 Å². The molecular formula is C16H22O11. The number of aliphatic hydroxyl groups excluding tert-OH is 1. The van der Waals surface area contributed by atoms with E-state index in [4.69, 9.17) is 33.9 Å². The summed E-state index contributed by atoms with van der Waals surface area (Å²) in [5.41, 5.74) is 0. The Balaban J connectivity index is 1.60. The Kier molecular flexibility index (Phi) is 7.95. The summed E-state index contributed by atoms with van der Waals surface area (Å²) in [5.74, 6) is -3.18. The number of hydrogen-bond donors (Lipinski definition) is 2. The van der Waals surface area contributed by atoms with Gasteiger partial charge in [-0.1, -0.05) is 0 Å². The summed E-state index contributed by atoms with van der Waals surface area (Å²) in [5, 5.41) is 17.4. The molecule has 0 bridgehead atoms. The summed E-state index contributed by atoms with van der Waals surface area (Å²) in [4.78, 5) is 46.0. The van der Waals surface area contributed by atoms with E-state index < -0.39 is 48.3 Å². The Morgan fingerprint density at radius 2 is 1.07 bits per heavy atom. The van der Waals surface area contributed by atoms with Crippen molar-refractivity contribution in [3.63, 3.8) is 0 Å². The minimum absolute atomic E-state index is 0.142. The maximum Gasteiger partial charge on any atom is 0.335 e. The lowest BCUT2D eigenvalue weighted by Crippen LogP contribution is -2.30. The molecule has 0 aliphatic carbocycles. The molecule has 4 atom stereocenters. The molecule has 2 saturated heterocycles. The zero-order chi connectivity index (χ0) is 19.8. The van der Waals surface area contributed by atoms with Gasteiger partial charge in [-0.05, 0) is 25.7 Å². The van der Waals surface area contributed by atoms with Crippen LogP contribution >= 0.6 is 0 Å². The average molecular weight is 390 g/mol. The number of aliphatic hydroxyl groups is 1. The fraction of sp³-hybridized carbons (Fsp3) is 0.750. The SMILES string of the molecule is O=C(O)C1CCC(C(=O)OCCOC(=O)C2CCC(C(=O)OCCO)O2)O1. The average Bonchev–Trinajstić information content (AvgIpc) is 3.32. The van der Waals surface area contributed by atoms with Gasteiger partial charge in [0.1, 0.15) is 19.8 Å². The highest BCUT2D eigenvalue weighted by atomic mass is 16.6. The third kappa shape index (κ3) is 6.15. The van der Waals surface area contributed by atoms with Crippen molar-refractivity contribution < 1.29 is 53.1 Å². The number of hydrogen-bond acceptors (Lipinski definition) is 10. The van der Waals surface area contributed by atoms with E-state index in [-0.39, 0.29) is 45.7 Å². The smallest absolute Gasteiger partial charge is 0.335 e. The lowest BCUT2D eigenvalue weighted by molar-refractivity contribution is -0.170. The van der Waals surface area contributed by atoms with Crippen molar-refractivity contribution in [1.82, 2.24) is 0 Å². The van der Waals surface area contributed by atoms with E-state index in [0.717, 1.165) is 0 Å². The van der Waals surface area contributed by atoms with Crippen molar-refractivity contribution in [2.75, 3.05) is 26.4 Å². The summed E-state index contributed by atoms with van der Waals surface area (Å²) >= 11 is 0. The molecule has 11 heteroatoms. The van der Waals surface area contributed by atoms with Crippen molar-refractivity contribution in [3.8, 4) is 0 Å².